The van der Waals surface area contributed by atoms with Crippen molar-refractivity contribution in [1.82, 2.24) is 5.32 Å². The number of carbonyl (C=O) groups excluding carboxylic acids is 2. The lowest BCUT2D eigenvalue weighted by Crippen LogP contribution is -2.46. The van der Waals surface area contributed by atoms with Gasteiger partial charge < -0.3 is 20.3 Å². The molecule has 0 fully saturated rings. The highest BCUT2D eigenvalue weighted by Gasteiger charge is 2.24. The molecule has 0 radical (unpaired) electrons. The van der Waals surface area contributed by atoms with Crippen LogP contribution < -0.4 is 5.32 Å². The average Bonchev–Trinajstić information content (AvgIpc) is 3.19. The van der Waals surface area contributed by atoms with Gasteiger partial charge in [0.05, 0.1) is 25.2 Å². The summed E-state index contributed by atoms with van der Waals surface area (Å²) in [6.07, 6.45) is 47.3. The predicted octanol–water partition coefficient (Wildman–Crippen LogP) is 14.8. The van der Waals surface area contributed by atoms with Gasteiger partial charge in [-0.1, -0.05) is 245 Å². The number of rotatable bonds is 46. The third-order valence-electron chi connectivity index (χ3n) is 11.9. The van der Waals surface area contributed by atoms with Crippen LogP contribution in [0.25, 0.3) is 0 Å². The molecule has 0 spiro atoms. The molecule has 3 atom stereocenters. The van der Waals surface area contributed by atoms with Gasteiger partial charge in [0, 0.05) is 6.42 Å². The zero-order valence-corrected chi connectivity index (χ0v) is 38.0. The van der Waals surface area contributed by atoms with Gasteiger partial charge in [0.15, 0.2) is 0 Å². The molecule has 3 N–H and O–H groups in total. The number of carbonyl (C=O) groups is 2. The van der Waals surface area contributed by atoms with Crippen molar-refractivity contribution in [2.24, 2.45) is 0 Å². The van der Waals surface area contributed by atoms with Crippen molar-refractivity contribution in [3.63, 3.8) is 0 Å². The van der Waals surface area contributed by atoms with E-state index < -0.39 is 18.2 Å². The molecule has 0 saturated carbocycles. The van der Waals surface area contributed by atoms with E-state index in [1.54, 1.807) is 0 Å². The Labute approximate surface area is 349 Å². The second-order valence-electron chi connectivity index (χ2n) is 17.6. The van der Waals surface area contributed by atoms with Crippen molar-refractivity contribution in [2.75, 3.05) is 6.61 Å². The minimum Gasteiger partial charge on any atom is -0.462 e. The number of hydrogen-bond acceptors (Lipinski definition) is 5. The predicted molar refractivity (Wildman–Crippen MR) is 241 cm³/mol. The van der Waals surface area contributed by atoms with Crippen LogP contribution in [-0.2, 0) is 14.3 Å². The Bertz CT molecular complexity index is 806. The van der Waals surface area contributed by atoms with Crippen LogP contribution in [0.3, 0.4) is 0 Å². The Balaban J connectivity index is 4.52. The molecule has 0 aromatic carbocycles. The summed E-state index contributed by atoms with van der Waals surface area (Å²) in [6.45, 7) is 6.49. The summed E-state index contributed by atoms with van der Waals surface area (Å²) < 4.78 is 5.93. The van der Waals surface area contributed by atoms with Gasteiger partial charge >= 0.3 is 5.97 Å². The number of aliphatic hydroxyl groups excluding tert-OH is 2. The molecule has 0 heterocycles. The number of hydrogen-bond donors (Lipinski definition) is 3. The van der Waals surface area contributed by atoms with E-state index in [2.05, 4.69) is 26.1 Å². The molecule has 0 aromatic rings. The molecule has 3 unspecified atom stereocenters. The second-order valence-corrected chi connectivity index (χ2v) is 17.6. The summed E-state index contributed by atoms with van der Waals surface area (Å²) >= 11 is 0. The normalized spacial score (nSPS) is 13.2. The van der Waals surface area contributed by atoms with Gasteiger partial charge in [-0.15, -0.1) is 0 Å². The lowest BCUT2D eigenvalue weighted by molar-refractivity contribution is -0.151. The van der Waals surface area contributed by atoms with Crippen LogP contribution in [0, 0.1) is 0 Å². The maximum Gasteiger partial charge on any atom is 0.306 e. The first-order valence-corrected chi connectivity index (χ1v) is 25.3. The van der Waals surface area contributed by atoms with Gasteiger partial charge in [0.2, 0.25) is 5.91 Å². The maximum absolute atomic E-state index is 13.2. The van der Waals surface area contributed by atoms with E-state index in [0.717, 1.165) is 38.5 Å². The second kappa shape index (κ2) is 45.0. The van der Waals surface area contributed by atoms with Crippen LogP contribution in [0.4, 0.5) is 0 Å². The lowest BCUT2D eigenvalue weighted by Gasteiger charge is -2.24. The van der Waals surface area contributed by atoms with E-state index in [0.29, 0.717) is 19.3 Å². The number of ether oxygens (including phenoxy) is 1. The van der Waals surface area contributed by atoms with Crippen LogP contribution in [0.5, 0.6) is 0 Å². The molecular formula is C50H99NO5. The summed E-state index contributed by atoms with van der Waals surface area (Å²) in [4.78, 5) is 26.1. The Hall–Kier alpha value is -1.14. The third kappa shape index (κ3) is 39.7. The Morgan fingerprint density at radius 1 is 0.446 bits per heavy atom. The van der Waals surface area contributed by atoms with E-state index in [9.17, 15) is 19.8 Å². The Morgan fingerprint density at radius 3 is 1.09 bits per heavy atom. The summed E-state index contributed by atoms with van der Waals surface area (Å²) in [5.74, 6) is -0.453. The molecule has 6 heteroatoms. The molecule has 6 nitrogen and oxygen atoms in total. The minimum atomic E-state index is -0.777. The molecule has 56 heavy (non-hydrogen) atoms. The van der Waals surface area contributed by atoms with Gasteiger partial charge in [0.1, 0.15) is 6.10 Å². The molecule has 0 bridgehead atoms. The third-order valence-corrected chi connectivity index (χ3v) is 11.9. The fraction of sp³-hybridized carbons (Fsp3) is 0.960. The van der Waals surface area contributed by atoms with Crippen LogP contribution in [0.15, 0.2) is 0 Å². The fourth-order valence-electron chi connectivity index (χ4n) is 8.08. The van der Waals surface area contributed by atoms with Crippen LogP contribution in [0.1, 0.15) is 284 Å². The van der Waals surface area contributed by atoms with Gasteiger partial charge in [-0.2, -0.15) is 0 Å². The Morgan fingerprint density at radius 2 is 0.750 bits per heavy atom. The van der Waals surface area contributed by atoms with Gasteiger partial charge in [-0.3, -0.25) is 9.59 Å². The van der Waals surface area contributed by atoms with E-state index in [-0.39, 0.29) is 24.9 Å². The maximum atomic E-state index is 13.2. The average molecular weight is 794 g/mol. The molecule has 1 amide bonds. The summed E-state index contributed by atoms with van der Waals surface area (Å²) in [5, 5.41) is 23.7. The van der Waals surface area contributed by atoms with E-state index in [1.165, 1.54) is 199 Å². The number of aliphatic hydroxyl groups is 2. The zero-order chi connectivity index (χ0) is 41.0. The highest BCUT2D eigenvalue weighted by atomic mass is 16.5. The van der Waals surface area contributed by atoms with Gasteiger partial charge in [-0.25, -0.2) is 0 Å². The van der Waals surface area contributed by atoms with Crippen molar-refractivity contribution >= 4 is 11.9 Å². The lowest BCUT2D eigenvalue weighted by atomic mass is 10.0. The standard InChI is InChI=1S/C50H99NO5/c1-4-7-10-13-16-19-21-23-25-27-30-32-35-38-41-46(56-50(55)43-40-37-34-31-28-26-24-22-20-17-14-11-8-5-2)44-49(54)51-47(45-52)48(53)42-39-36-33-29-18-15-12-9-6-3/h46-48,52-53H,4-45H2,1-3H3,(H,51,54). The minimum absolute atomic E-state index is 0.0875. The van der Waals surface area contributed by atoms with Crippen molar-refractivity contribution in [2.45, 2.75) is 302 Å². The monoisotopic (exact) mass is 794 g/mol. The Kier molecular flexibility index (Phi) is 44.0. The van der Waals surface area contributed by atoms with E-state index >= 15 is 0 Å². The van der Waals surface area contributed by atoms with E-state index in [4.69, 9.17) is 4.74 Å². The number of esters is 1. The summed E-state index contributed by atoms with van der Waals surface area (Å²) in [6, 6.07) is -0.690. The number of unbranched alkanes of at least 4 members (excludes halogenated alkanes) is 34. The summed E-state index contributed by atoms with van der Waals surface area (Å²) in [7, 11) is 0. The smallest absolute Gasteiger partial charge is 0.306 e. The van der Waals surface area contributed by atoms with Crippen LogP contribution in [-0.4, -0.2) is 46.9 Å². The molecule has 0 aliphatic rings. The topological polar surface area (TPSA) is 95.9 Å². The van der Waals surface area contributed by atoms with Gasteiger partial charge in [0.25, 0.3) is 0 Å². The fourth-order valence-corrected chi connectivity index (χ4v) is 8.08. The van der Waals surface area contributed by atoms with Crippen molar-refractivity contribution < 1.29 is 24.5 Å². The highest BCUT2D eigenvalue weighted by molar-refractivity contribution is 5.77. The first-order chi connectivity index (χ1) is 27.5. The van der Waals surface area contributed by atoms with Gasteiger partial charge in [-0.05, 0) is 25.7 Å². The molecule has 0 aliphatic carbocycles. The molecule has 334 valence electrons. The molecule has 0 saturated heterocycles. The van der Waals surface area contributed by atoms with Crippen LogP contribution in [0.2, 0.25) is 0 Å². The largest absolute Gasteiger partial charge is 0.462 e. The number of nitrogens with one attached hydrogen (secondary N) is 1. The van der Waals surface area contributed by atoms with E-state index in [1.807, 2.05) is 0 Å². The first kappa shape index (κ1) is 54.9. The van der Waals surface area contributed by atoms with Crippen LogP contribution >= 0.6 is 0 Å². The molecule has 0 rings (SSSR count). The van der Waals surface area contributed by atoms with Crippen molar-refractivity contribution in [1.29, 1.82) is 0 Å². The number of amides is 1. The SMILES string of the molecule is CCCCCCCCCCCCCCCCC(=O)OC(CCCCCCCCCCCCCCCC)CC(=O)NC(CO)C(O)CCCCCCCCCCC. The van der Waals surface area contributed by atoms with Crippen molar-refractivity contribution in [3.8, 4) is 0 Å². The first-order valence-electron chi connectivity index (χ1n) is 25.3. The quantitative estimate of drug-likeness (QED) is 0.0421. The summed E-state index contributed by atoms with van der Waals surface area (Å²) in [5.41, 5.74) is 0. The molecular weight excluding hydrogens is 695 g/mol. The molecule has 0 aromatic heterocycles. The van der Waals surface area contributed by atoms with Crippen molar-refractivity contribution in [3.05, 3.63) is 0 Å². The zero-order valence-electron chi connectivity index (χ0n) is 38.0. The molecule has 0 aliphatic heterocycles. The highest BCUT2D eigenvalue weighted by Crippen LogP contribution is 2.19.